The van der Waals surface area contributed by atoms with Crippen LogP contribution in [0.4, 0.5) is 0 Å². The third-order valence-corrected chi connectivity index (χ3v) is 7.43. The number of aliphatic imine (C=N–C) groups is 2. The minimum absolute atomic E-state index is 0.117. The van der Waals surface area contributed by atoms with Crippen molar-refractivity contribution in [2.75, 3.05) is 12.4 Å². The first-order chi connectivity index (χ1) is 19.0. The van der Waals surface area contributed by atoms with Crippen LogP contribution in [0.15, 0.2) is 105 Å². The van der Waals surface area contributed by atoms with Crippen LogP contribution in [0, 0.1) is 0 Å². The lowest BCUT2D eigenvalue weighted by atomic mass is 10.1. The number of nitrogens with zero attached hydrogens (tertiary/aromatic N) is 3. The Morgan fingerprint density at radius 2 is 2.10 bits per heavy atom. The molecule has 2 aromatic rings. The highest BCUT2D eigenvalue weighted by Gasteiger charge is 2.07. The molecule has 0 bridgehead atoms. The van der Waals surface area contributed by atoms with E-state index >= 15 is 0 Å². The Balaban J connectivity index is 1.60. The van der Waals surface area contributed by atoms with Crippen LogP contribution in [0.25, 0.3) is 10.9 Å². The zero-order chi connectivity index (χ0) is 27.9. The Hall–Kier alpha value is -3.36. The molecule has 0 radical (unpaired) electrons. The lowest BCUT2D eigenvalue weighted by Gasteiger charge is -2.10. The van der Waals surface area contributed by atoms with Gasteiger partial charge in [0.05, 0.1) is 12.1 Å². The molecule has 39 heavy (non-hydrogen) atoms. The van der Waals surface area contributed by atoms with Crippen LogP contribution in [-0.4, -0.2) is 34.5 Å². The van der Waals surface area contributed by atoms with Crippen LogP contribution in [0.3, 0.4) is 0 Å². The van der Waals surface area contributed by atoms with Crippen LogP contribution >= 0.6 is 23.7 Å². The predicted molar refractivity (Wildman–Crippen MR) is 169 cm³/mol. The smallest absolute Gasteiger partial charge is 0.213 e. The van der Waals surface area contributed by atoms with Crippen LogP contribution in [0.1, 0.15) is 46.5 Å². The van der Waals surface area contributed by atoms with Crippen LogP contribution in [0.5, 0.6) is 5.88 Å². The van der Waals surface area contributed by atoms with Gasteiger partial charge < -0.3 is 9.46 Å². The third kappa shape index (κ3) is 10.4. The fourth-order valence-corrected chi connectivity index (χ4v) is 5.06. The maximum atomic E-state index is 11.4. The van der Waals surface area contributed by atoms with Crippen molar-refractivity contribution in [3.63, 3.8) is 0 Å². The lowest BCUT2D eigenvalue weighted by molar-refractivity contribution is -0.109. The molecule has 0 saturated carbocycles. The van der Waals surface area contributed by atoms with Gasteiger partial charge >= 0.3 is 0 Å². The van der Waals surface area contributed by atoms with Crippen molar-refractivity contribution in [2.45, 2.75) is 51.3 Å². The minimum atomic E-state index is 0.117. The maximum absolute atomic E-state index is 11.4. The molecule has 8 heteroatoms. The standard InChI is InChI=1S/C31H36N4O2S2/c1-5-9-27(22-38-23(4)36)25(6-2)21-33-30(7-3)35-39-28-12-13-29-26(20-28)11-14-31(34-29)37-19-16-24-10-8-17-32-18-15-24/h7-14,17-18,20-21H,3,5-6,15-16,19,22H2,1-2,4H3,(H,33,35)/b25-21+,27-9-. The van der Waals surface area contributed by atoms with Crippen molar-refractivity contribution in [3.8, 4) is 5.88 Å². The molecule has 3 rings (SSSR count). The number of ether oxygens (including phenoxy) is 1. The van der Waals surface area contributed by atoms with Gasteiger partial charge in [0.1, 0.15) is 5.84 Å². The van der Waals surface area contributed by atoms with Gasteiger partial charge in [0, 0.05) is 60.5 Å². The van der Waals surface area contributed by atoms with Gasteiger partial charge in [-0.05, 0) is 72.4 Å². The molecule has 0 atom stereocenters. The molecule has 1 aliphatic rings. The van der Waals surface area contributed by atoms with E-state index in [0.29, 0.717) is 24.1 Å². The molecule has 0 spiro atoms. The highest BCUT2D eigenvalue weighted by atomic mass is 32.2. The Kier molecular flexibility index (Phi) is 12.8. The van der Waals surface area contributed by atoms with Crippen molar-refractivity contribution >= 4 is 51.8 Å². The number of carbonyl (C=O) groups is 1. The number of amidine groups is 1. The molecule has 204 valence electrons. The summed E-state index contributed by atoms with van der Waals surface area (Å²) in [7, 11) is 0. The van der Waals surface area contributed by atoms with Gasteiger partial charge in [-0.25, -0.2) is 9.98 Å². The molecule has 0 fully saturated rings. The van der Waals surface area contributed by atoms with Gasteiger partial charge in [0.2, 0.25) is 5.88 Å². The number of allylic oxidation sites excluding steroid dienone is 4. The van der Waals surface area contributed by atoms with E-state index in [1.54, 1.807) is 19.2 Å². The second-order valence-electron chi connectivity index (χ2n) is 8.65. The topological polar surface area (TPSA) is 75.9 Å². The number of carbonyl (C=O) groups excluding carboxylic acids is 1. The zero-order valence-corrected chi connectivity index (χ0v) is 24.5. The Morgan fingerprint density at radius 3 is 2.87 bits per heavy atom. The summed E-state index contributed by atoms with van der Waals surface area (Å²) in [5.41, 5.74) is 4.44. The van der Waals surface area contributed by atoms with Crippen molar-refractivity contribution in [3.05, 3.63) is 90.3 Å². The van der Waals surface area contributed by atoms with E-state index in [1.165, 1.54) is 29.3 Å². The Bertz CT molecular complexity index is 1340. The lowest BCUT2D eigenvalue weighted by Crippen LogP contribution is -2.12. The number of hydrogen-bond donors (Lipinski definition) is 1. The molecule has 1 aromatic carbocycles. The van der Waals surface area contributed by atoms with E-state index in [0.717, 1.165) is 52.6 Å². The van der Waals surface area contributed by atoms with E-state index in [-0.39, 0.29) is 5.12 Å². The molecule has 1 N–H and O–H groups in total. The number of fused-ring (bicyclic) bond motifs is 1. The summed E-state index contributed by atoms with van der Waals surface area (Å²) in [5.74, 6) is 1.94. The van der Waals surface area contributed by atoms with Crippen LogP contribution in [0.2, 0.25) is 0 Å². The Morgan fingerprint density at radius 1 is 1.23 bits per heavy atom. The van der Waals surface area contributed by atoms with Crippen LogP contribution < -0.4 is 9.46 Å². The largest absolute Gasteiger partial charge is 0.477 e. The van der Waals surface area contributed by atoms with E-state index in [2.05, 4.69) is 58.3 Å². The molecule has 0 amide bonds. The van der Waals surface area contributed by atoms with Crippen molar-refractivity contribution in [2.24, 2.45) is 9.98 Å². The summed E-state index contributed by atoms with van der Waals surface area (Å²) in [6.07, 6.45) is 16.9. The summed E-state index contributed by atoms with van der Waals surface area (Å²) in [4.78, 5) is 25.9. The molecule has 0 aliphatic carbocycles. The highest BCUT2D eigenvalue weighted by molar-refractivity contribution is 8.13. The predicted octanol–water partition coefficient (Wildman–Crippen LogP) is 8.01. The minimum Gasteiger partial charge on any atom is -0.477 e. The Labute approximate surface area is 240 Å². The zero-order valence-electron chi connectivity index (χ0n) is 22.9. The van der Waals surface area contributed by atoms with Crippen LogP contribution in [-0.2, 0) is 4.79 Å². The maximum Gasteiger partial charge on any atom is 0.213 e. The first-order valence-corrected chi connectivity index (χ1v) is 14.9. The van der Waals surface area contributed by atoms with Crippen molar-refractivity contribution in [1.82, 2.24) is 9.71 Å². The van der Waals surface area contributed by atoms with E-state index in [9.17, 15) is 4.79 Å². The highest BCUT2D eigenvalue weighted by Crippen LogP contribution is 2.24. The average Bonchev–Trinajstić information content (AvgIpc) is 3.22. The molecule has 0 saturated heterocycles. The van der Waals surface area contributed by atoms with Gasteiger partial charge in [-0.2, -0.15) is 0 Å². The summed E-state index contributed by atoms with van der Waals surface area (Å²) >= 11 is 2.79. The molecular weight excluding hydrogens is 525 g/mol. The summed E-state index contributed by atoms with van der Waals surface area (Å²) < 4.78 is 9.19. The molecule has 1 aliphatic heterocycles. The molecule has 2 heterocycles. The van der Waals surface area contributed by atoms with Gasteiger partial charge in [0.25, 0.3) is 0 Å². The SMILES string of the molecule is C=CC(=N/C=C(CC)/C(=C\CC)CSC(C)=O)NSc1ccc2nc(OCCC3=CC=CN=CC3)ccc2c1. The normalized spacial score (nSPS) is 14.2. The number of benzene rings is 1. The second-order valence-corrected chi connectivity index (χ2v) is 10.7. The van der Waals surface area contributed by atoms with Gasteiger partial charge in [-0.1, -0.05) is 49.9 Å². The van der Waals surface area contributed by atoms with Crippen molar-refractivity contribution < 1.29 is 9.53 Å². The van der Waals surface area contributed by atoms with E-state index in [4.69, 9.17) is 4.74 Å². The number of pyridine rings is 1. The molecule has 0 unspecified atom stereocenters. The summed E-state index contributed by atoms with van der Waals surface area (Å²) in [6.45, 7) is 10.3. The van der Waals surface area contributed by atoms with Gasteiger partial charge in [0.15, 0.2) is 5.12 Å². The number of rotatable bonds is 13. The number of hydrogen-bond acceptors (Lipinski definition) is 7. The van der Waals surface area contributed by atoms with Gasteiger partial charge in [-0.15, -0.1) is 0 Å². The van der Waals surface area contributed by atoms with Gasteiger partial charge in [-0.3, -0.25) is 9.79 Å². The quantitative estimate of drug-likeness (QED) is 0.116. The molecule has 6 nitrogen and oxygen atoms in total. The first-order valence-electron chi connectivity index (χ1n) is 13.1. The fourth-order valence-electron chi connectivity index (χ4n) is 3.72. The van der Waals surface area contributed by atoms with E-state index in [1.807, 2.05) is 42.8 Å². The number of thioether (sulfide) groups is 1. The van der Waals surface area contributed by atoms with Crippen molar-refractivity contribution in [1.29, 1.82) is 0 Å². The monoisotopic (exact) mass is 560 g/mol. The number of aromatic nitrogens is 1. The first kappa shape index (κ1) is 30.2. The third-order valence-electron chi connectivity index (χ3n) is 5.77. The van der Waals surface area contributed by atoms with E-state index < -0.39 is 0 Å². The molecular formula is C31H36N4O2S2. The number of nitrogens with one attached hydrogen (secondary N) is 1. The average molecular weight is 561 g/mol. The fraction of sp³-hybridized carbons (Fsp3) is 0.290. The second kappa shape index (κ2) is 16.6. The summed E-state index contributed by atoms with van der Waals surface area (Å²) in [5, 5.41) is 1.15. The molecule has 1 aromatic heterocycles. The summed E-state index contributed by atoms with van der Waals surface area (Å²) in [6, 6.07) is 10.0.